The number of hydrogen-bond acceptors (Lipinski definition) is 4. The smallest absolute Gasteiger partial charge is 0.273 e. The van der Waals surface area contributed by atoms with Gasteiger partial charge in [-0.15, -0.1) is 0 Å². The van der Waals surface area contributed by atoms with E-state index in [9.17, 15) is 14.9 Å². The van der Waals surface area contributed by atoms with E-state index in [2.05, 4.69) is 0 Å². The molecule has 0 N–H and O–H groups in total. The lowest BCUT2D eigenvalue weighted by Gasteiger charge is -2.04. The second-order valence-corrected chi connectivity index (χ2v) is 2.53. The SMILES string of the molecule is C.CCOc1cc([N+](=O)[O-])ccc1C=O. The van der Waals surface area contributed by atoms with E-state index >= 15 is 0 Å². The molecular formula is C10H13NO4. The zero-order chi connectivity index (χ0) is 10.6. The van der Waals surface area contributed by atoms with Crippen LogP contribution in [-0.2, 0) is 0 Å². The van der Waals surface area contributed by atoms with Crippen LogP contribution >= 0.6 is 0 Å². The van der Waals surface area contributed by atoms with Crippen LogP contribution in [0.4, 0.5) is 5.69 Å². The van der Waals surface area contributed by atoms with Crippen LogP contribution < -0.4 is 4.74 Å². The van der Waals surface area contributed by atoms with Gasteiger partial charge in [-0.25, -0.2) is 0 Å². The molecule has 82 valence electrons. The Hall–Kier alpha value is -1.91. The Morgan fingerprint density at radius 2 is 2.20 bits per heavy atom. The fourth-order valence-electron chi connectivity index (χ4n) is 1.01. The van der Waals surface area contributed by atoms with Crippen molar-refractivity contribution in [3.05, 3.63) is 33.9 Å². The third kappa shape index (κ3) is 3.05. The van der Waals surface area contributed by atoms with Gasteiger partial charge in [0.25, 0.3) is 5.69 Å². The number of benzene rings is 1. The Labute approximate surface area is 87.8 Å². The Kier molecular flexibility index (Phi) is 5.01. The van der Waals surface area contributed by atoms with Gasteiger partial charge in [0.05, 0.1) is 23.2 Å². The number of carbonyl (C=O) groups is 1. The number of hydrogen-bond donors (Lipinski definition) is 0. The predicted octanol–water partition coefficient (Wildman–Crippen LogP) is 2.44. The molecular weight excluding hydrogens is 198 g/mol. The standard InChI is InChI=1S/C9H9NO4.CH4/c1-2-14-9-5-8(10(12)13)4-3-7(9)6-11;/h3-6H,2H2,1H3;1H4. The van der Waals surface area contributed by atoms with Gasteiger partial charge < -0.3 is 4.74 Å². The molecule has 0 radical (unpaired) electrons. The third-order valence-corrected chi connectivity index (χ3v) is 1.63. The van der Waals surface area contributed by atoms with E-state index in [1.54, 1.807) is 6.92 Å². The monoisotopic (exact) mass is 211 g/mol. The van der Waals surface area contributed by atoms with Crippen molar-refractivity contribution in [3.63, 3.8) is 0 Å². The topological polar surface area (TPSA) is 69.4 Å². The van der Waals surface area contributed by atoms with Crippen molar-refractivity contribution in [3.8, 4) is 5.75 Å². The van der Waals surface area contributed by atoms with E-state index in [-0.39, 0.29) is 18.9 Å². The molecule has 0 heterocycles. The first-order valence-electron chi connectivity index (χ1n) is 4.05. The lowest BCUT2D eigenvalue weighted by Crippen LogP contribution is -1.97. The summed E-state index contributed by atoms with van der Waals surface area (Å²) in [4.78, 5) is 20.4. The van der Waals surface area contributed by atoms with E-state index in [4.69, 9.17) is 4.74 Å². The van der Waals surface area contributed by atoms with Crippen LogP contribution in [0.1, 0.15) is 24.7 Å². The van der Waals surface area contributed by atoms with Crippen LogP contribution in [0.15, 0.2) is 18.2 Å². The predicted molar refractivity (Wildman–Crippen MR) is 56.4 cm³/mol. The summed E-state index contributed by atoms with van der Waals surface area (Å²) in [6.07, 6.45) is 0.606. The quantitative estimate of drug-likeness (QED) is 0.435. The Balaban J connectivity index is 0.00000196. The number of aldehydes is 1. The van der Waals surface area contributed by atoms with E-state index in [1.807, 2.05) is 0 Å². The molecule has 0 aromatic heterocycles. The summed E-state index contributed by atoms with van der Waals surface area (Å²) in [7, 11) is 0. The van der Waals surface area contributed by atoms with E-state index in [1.165, 1.54) is 18.2 Å². The minimum atomic E-state index is -0.531. The molecule has 1 aromatic rings. The average Bonchev–Trinajstić information content (AvgIpc) is 2.18. The zero-order valence-electron chi connectivity index (χ0n) is 7.60. The summed E-state index contributed by atoms with van der Waals surface area (Å²) in [6.45, 7) is 2.11. The highest BCUT2D eigenvalue weighted by Gasteiger charge is 2.10. The molecule has 5 heteroatoms. The minimum absolute atomic E-state index is 0. The number of non-ortho nitro benzene ring substituents is 1. The number of ether oxygens (including phenoxy) is 1. The molecule has 0 atom stereocenters. The van der Waals surface area contributed by atoms with Crippen LogP contribution in [-0.4, -0.2) is 17.8 Å². The molecule has 0 bridgehead atoms. The van der Waals surface area contributed by atoms with Gasteiger partial charge in [-0.3, -0.25) is 14.9 Å². The molecule has 0 saturated heterocycles. The molecule has 15 heavy (non-hydrogen) atoms. The molecule has 0 aliphatic heterocycles. The molecule has 5 nitrogen and oxygen atoms in total. The van der Waals surface area contributed by atoms with Crippen molar-refractivity contribution in [1.29, 1.82) is 0 Å². The van der Waals surface area contributed by atoms with Crippen LogP contribution in [0, 0.1) is 10.1 Å². The minimum Gasteiger partial charge on any atom is -0.493 e. The first-order chi connectivity index (χ1) is 6.69. The lowest BCUT2D eigenvalue weighted by atomic mass is 10.2. The second kappa shape index (κ2) is 5.74. The average molecular weight is 211 g/mol. The van der Waals surface area contributed by atoms with Gasteiger partial charge >= 0.3 is 0 Å². The third-order valence-electron chi connectivity index (χ3n) is 1.63. The molecule has 0 spiro atoms. The first kappa shape index (κ1) is 13.1. The Morgan fingerprint density at radius 3 is 2.67 bits per heavy atom. The van der Waals surface area contributed by atoms with Gasteiger partial charge in [-0.1, -0.05) is 7.43 Å². The number of rotatable bonds is 4. The van der Waals surface area contributed by atoms with Gasteiger partial charge in [0.2, 0.25) is 0 Å². The Morgan fingerprint density at radius 1 is 1.53 bits per heavy atom. The summed E-state index contributed by atoms with van der Waals surface area (Å²) >= 11 is 0. The van der Waals surface area contributed by atoms with Crippen molar-refractivity contribution in [1.82, 2.24) is 0 Å². The summed E-state index contributed by atoms with van der Waals surface area (Å²) < 4.78 is 5.08. The van der Waals surface area contributed by atoms with Gasteiger partial charge in [0, 0.05) is 6.07 Å². The van der Waals surface area contributed by atoms with Crippen molar-refractivity contribution in [2.24, 2.45) is 0 Å². The van der Waals surface area contributed by atoms with Crippen molar-refractivity contribution < 1.29 is 14.5 Å². The van der Waals surface area contributed by atoms with E-state index < -0.39 is 4.92 Å². The van der Waals surface area contributed by atoms with Crippen LogP contribution in [0.2, 0.25) is 0 Å². The van der Waals surface area contributed by atoms with E-state index in [0.29, 0.717) is 18.5 Å². The Bertz CT molecular complexity index is 362. The number of nitro benzene ring substituents is 1. The van der Waals surface area contributed by atoms with Crippen molar-refractivity contribution in [2.45, 2.75) is 14.4 Å². The first-order valence-corrected chi connectivity index (χ1v) is 4.05. The highest BCUT2D eigenvalue weighted by molar-refractivity contribution is 5.80. The fraction of sp³-hybridized carbons (Fsp3) is 0.300. The molecule has 1 rings (SSSR count). The summed E-state index contributed by atoms with van der Waals surface area (Å²) in [5.74, 6) is 0.247. The number of nitro groups is 1. The molecule has 0 fully saturated rings. The van der Waals surface area contributed by atoms with Crippen LogP contribution in [0.25, 0.3) is 0 Å². The fourth-order valence-corrected chi connectivity index (χ4v) is 1.01. The van der Waals surface area contributed by atoms with Crippen molar-refractivity contribution in [2.75, 3.05) is 6.61 Å². The highest BCUT2D eigenvalue weighted by Crippen LogP contribution is 2.23. The highest BCUT2D eigenvalue weighted by atomic mass is 16.6. The largest absolute Gasteiger partial charge is 0.493 e. The molecule has 1 aromatic carbocycles. The maximum Gasteiger partial charge on any atom is 0.273 e. The maximum absolute atomic E-state index is 10.5. The van der Waals surface area contributed by atoms with Gasteiger partial charge in [-0.05, 0) is 13.0 Å². The summed E-state index contributed by atoms with van der Waals surface area (Å²) in [6, 6.07) is 3.88. The van der Waals surface area contributed by atoms with Crippen molar-refractivity contribution >= 4 is 12.0 Å². The molecule has 0 unspecified atom stereocenters. The zero-order valence-corrected chi connectivity index (χ0v) is 7.60. The lowest BCUT2D eigenvalue weighted by molar-refractivity contribution is -0.384. The van der Waals surface area contributed by atoms with Gasteiger partial charge in [-0.2, -0.15) is 0 Å². The van der Waals surface area contributed by atoms with Gasteiger partial charge in [0.1, 0.15) is 5.75 Å². The number of carbonyl (C=O) groups excluding carboxylic acids is 1. The van der Waals surface area contributed by atoms with E-state index in [0.717, 1.165) is 0 Å². The summed E-state index contributed by atoms with van der Waals surface area (Å²) in [5, 5.41) is 10.4. The van der Waals surface area contributed by atoms with Crippen LogP contribution in [0.5, 0.6) is 5.75 Å². The molecule has 0 aliphatic carbocycles. The second-order valence-electron chi connectivity index (χ2n) is 2.53. The molecule has 0 amide bonds. The molecule has 0 aliphatic rings. The maximum atomic E-state index is 10.5. The number of nitrogens with zero attached hydrogens (tertiary/aromatic N) is 1. The summed E-state index contributed by atoms with van der Waals surface area (Å²) in [5.41, 5.74) is 0.233. The molecule has 0 saturated carbocycles. The van der Waals surface area contributed by atoms with Crippen LogP contribution in [0.3, 0.4) is 0 Å². The normalized spacial score (nSPS) is 8.87. The van der Waals surface area contributed by atoms with Gasteiger partial charge in [0.15, 0.2) is 6.29 Å².